The molecule has 21 heavy (non-hydrogen) atoms. The Bertz CT molecular complexity index is 361. The van der Waals surface area contributed by atoms with Gasteiger partial charge in [-0.15, -0.1) is 0 Å². The molecule has 0 bridgehead atoms. The number of hydrogen-bond donors (Lipinski definition) is 1. The first-order valence-electron chi connectivity index (χ1n) is 7.92. The molecule has 0 aromatic heterocycles. The lowest BCUT2D eigenvalue weighted by atomic mass is 9.95. The van der Waals surface area contributed by atoms with E-state index in [-0.39, 0.29) is 11.8 Å². The van der Waals surface area contributed by atoms with Crippen LogP contribution in [0.1, 0.15) is 26.7 Å². The van der Waals surface area contributed by atoms with E-state index in [1.807, 2.05) is 4.90 Å². The summed E-state index contributed by atoms with van der Waals surface area (Å²) < 4.78 is 5.37. The molecule has 0 radical (unpaired) electrons. The van der Waals surface area contributed by atoms with Crippen molar-refractivity contribution in [2.75, 3.05) is 45.9 Å². The Morgan fingerprint density at radius 2 is 1.81 bits per heavy atom. The monoisotopic (exact) mass is 297 g/mol. The molecule has 1 N–H and O–H groups in total. The van der Waals surface area contributed by atoms with Crippen LogP contribution in [0, 0.1) is 5.92 Å². The van der Waals surface area contributed by atoms with Crippen molar-refractivity contribution in [1.29, 1.82) is 0 Å². The van der Waals surface area contributed by atoms with Gasteiger partial charge in [-0.1, -0.05) is 0 Å². The molecule has 6 heteroatoms. The summed E-state index contributed by atoms with van der Waals surface area (Å²) in [5.41, 5.74) is 0. The summed E-state index contributed by atoms with van der Waals surface area (Å²) in [5.74, 6) is 0.552. The van der Waals surface area contributed by atoms with Gasteiger partial charge in [-0.25, -0.2) is 0 Å². The van der Waals surface area contributed by atoms with Gasteiger partial charge in [-0.05, 0) is 25.7 Å². The van der Waals surface area contributed by atoms with Crippen LogP contribution in [-0.4, -0.2) is 73.6 Å². The van der Waals surface area contributed by atoms with E-state index in [2.05, 4.69) is 10.2 Å². The topological polar surface area (TPSA) is 61.9 Å². The van der Waals surface area contributed by atoms with E-state index in [1.54, 1.807) is 6.92 Å². The van der Waals surface area contributed by atoms with Crippen molar-refractivity contribution < 1.29 is 14.3 Å². The van der Waals surface area contributed by atoms with Crippen LogP contribution in [-0.2, 0) is 14.3 Å². The van der Waals surface area contributed by atoms with E-state index in [4.69, 9.17) is 4.74 Å². The first kappa shape index (κ1) is 16.2. The lowest BCUT2D eigenvalue weighted by Gasteiger charge is -2.36. The fourth-order valence-corrected chi connectivity index (χ4v) is 3.13. The smallest absolute Gasteiger partial charge is 0.244 e. The minimum Gasteiger partial charge on any atom is -0.379 e. The minimum absolute atomic E-state index is 0.0371. The van der Waals surface area contributed by atoms with Gasteiger partial charge in [0.1, 0.15) is 6.04 Å². The largest absolute Gasteiger partial charge is 0.379 e. The molecule has 0 spiro atoms. The number of likely N-dealkylation sites (tertiary alicyclic amines) is 1. The third kappa shape index (κ3) is 4.97. The molecule has 0 aromatic carbocycles. The van der Waals surface area contributed by atoms with Gasteiger partial charge < -0.3 is 15.0 Å². The number of carbonyl (C=O) groups is 2. The second kappa shape index (κ2) is 7.75. The summed E-state index contributed by atoms with van der Waals surface area (Å²) >= 11 is 0. The normalized spacial score (nSPS) is 22.9. The second-order valence-electron chi connectivity index (χ2n) is 6.10. The quantitative estimate of drug-likeness (QED) is 0.798. The number of ether oxygens (including phenoxy) is 1. The van der Waals surface area contributed by atoms with Crippen LogP contribution in [0.3, 0.4) is 0 Å². The van der Waals surface area contributed by atoms with Crippen LogP contribution in [0.2, 0.25) is 0 Å². The molecule has 6 nitrogen and oxygen atoms in total. The highest BCUT2D eigenvalue weighted by molar-refractivity contribution is 5.86. The van der Waals surface area contributed by atoms with Crippen molar-refractivity contribution >= 4 is 11.8 Å². The van der Waals surface area contributed by atoms with Crippen LogP contribution in [0.15, 0.2) is 0 Å². The molecule has 120 valence electrons. The van der Waals surface area contributed by atoms with Crippen molar-refractivity contribution in [1.82, 2.24) is 15.1 Å². The molecule has 0 aromatic rings. The first-order chi connectivity index (χ1) is 10.1. The molecule has 2 fully saturated rings. The SMILES string of the molecule is CC(=O)NC(C)C(=O)N1CCC(CN2CCOCC2)CC1. The van der Waals surface area contributed by atoms with Crippen molar-refractivity contribution in [3.8, 4) is 0 Å². The van der Waals surface area contributed by atoms with Gasteiger partial charge >= 0.3 is 0 Å². The molecule has 2 heterocycles. The van der Waals surface area contributed by atoms with E-state index in [0.29, 0.717) is 5.92 Å². The highest BCUT2D eigenvalue weighted by Crippen LogP contribution is 2.19. The lowest BCUT2D eigenvalue weighted by molar-refractivity contribution is -0.136. The Balaban J connectivity index is 1.72. The summed E-state index contributed by atoms with van der Waals surface area (Å²) in [6.07, 6.45) is 2.10. The Kier molecular flexibility index (Phi) is 5.99. The molecular weight excluding hydrogens is 270 g/mol. The highest BCUT2D eigenvalue weighted by Gasteiger charge is 2.27. The van der Waals surface area contributed by atoms with Crippen LogP contribution in [0.25, 0.3) is 0 Å². The Hall–Kier alpha value is -1.14. The number of amides is 2. The molecular formula is C15H27N3O3. The predicted octanol–water partition coefficient (Wildman–Crippen LogP) is 0.0818. The van der Waals surface area contributed by atoms with Crippen LogP contribution >= 0.6 is 0 Å². The van der Waals surface area contributed by atoms with E-state index in [1.165, 1.54) is 6.92 Å². The number of nitrogens with one attached hydrogen (secondary N) is 1. The van der Waals surface area contributed by atoms with Crippen molar-refractivity contribution in [3.63, 3.8) is 0 Å². The predicted molar refractivity (Wildman–Crippen MR) is 79.8 cm³/mol. The third-order valence-electron chi connectivity index (χ3n) is 4.34. The summed E-state index contributed by atoms with van der Waals surface area (Å²) in [5, 5.41) is 2.66. The zero-order valence-electron chi connectivity index (χ0n) is 13.1. The number of carbonyl (C=O) groups excluding carboxylic acids is 2. The molecule has 2 rings (SSSR count). The highest BCUT2D eigenvalue weighted by atomic mass is 16.5. The maximum absolute atomic E-state index is 12.2. The van der Waals surface area contributed by atoms with E-state index in [0.717, 1.165) is 58.8 Å². The van der Waals surface area contributed by atoms with E-state index >= 15 is 0 Å². The van der Waals surface area contributed by atoms with Crippen molar-refractivity contribution in [2.24, 2.45) is 5.92 Å². The molecule has 1 unspecified atom stereocenters. The van der Waals surface area contributed by atoms with Gasteiger partial charge in [0.05, 0.1) is 13.2 Å². The maximum Gasteiger partial charge on any atom is 0.244 e. The first-order valence-corrected chi connectivity index (χ1v) is 7.92. The summed E-state index contributed by atoms with van der Waals surface area (Å²) in [7, 11) is 0. The summed E-state index contributed by atoms with van der Waals surface area (Å²) in [4.78, 5) is 27.6. The fraction of sp³-hybridized carbons (Fsp3) is 0.867. The number of hydrogen-bond acceptors (Lipinski definition) is 4. The van der Waals surface area contributed by atoms with Crippen molar-refractivity contribution in [2.45, 2.75) is 32.7 Å². The minimum atomic E-state index is -0.418. The van der Waals surface area contributed by atoms with Gasteiger partial charge in [-0.2, -0.15) is 0 Å². The number of nitrogens with zero attached hydrogens (tertiary/aromatic N) is 2. The molecule has 0 aliphatic carbocycles. The summed E-state index contributed by atoms with van der Waals surface area (Å²) in [6, 6.07) is -0.418. The zero-order chi connectivity index (χ0) is 15.2. The Morgan fingerprint density at radius 3 is 2.38 bits per heavy atom. The van der Waals surface area contributed by atoms with Gasteiger partial charge in [0.2, 0.25) is 11.8 Å². The lowest BCUT2D eigenvalue weighted by Crippen LogP contribution is -2.50. The van der Waals surface area contributed by atoms with Gasteiger partial charge in [-0.3, -0.25) is 14.5 Å². The molecule has 1 atom stereocenters. The molecule has 2 amide bonds. The molecule has 2 saturated heterocycles. The van der Waals surface area contributed by atoms with Crippen LogP contribution < -0.4 is 5.32 Å². The number of rotatable bonds is 4. The average molecular weight is 297 g/mol. The third-order valence-corrected chi connectivity index (χ3v) is 4.34. The Labute approximate surface area is 126 Å². The van der Waals surface area contributed by atoms with E-state index < -0.39 is 6.04 Å². The van der Waals surface area contributed by atoms with Gasteiger partial charge in [0.25, 0.3) is 0 Å². The second-order valence-corrected chi connectivity index (χ2v) is 6.10. The number of piperidine rings is 1. The summed E-state index contributed by atoms with van der Waals surface area (Å²) in [6.45, 7) is 9.65. The zero-order valence-corrected chi connectivity index (χ0v) is 13.1. The van der Waals surface area contributed by atoms with Crippen LogP contribution in [0.4, 0.5) is 0 Å². The molecule has 2 aliphatic heterocycles. The Morgan fingerprint density at radius 1 is 1.19 bits per heavy atom. The standard InChI is InChI=1S/C15H27N3O3/c1-12(16-13(2)19)15(20)18-5-3-14(4-6-18)11-17-7-9-21-10-8-17/h12,14H,3-11H2,1-2H3,(H,16,19). The van der Waals surface area contributed by atoms with E-state index in [9.17, 15) is 9.59 Å². The van der Waals surface area contributed by atoms with Crippen LogP contribution in [0.5, 0.6) is 0 Å². The average Bonchev–Trinajstić information content (AvgIpc) is 2.47. The molecule has 0 saturated carbocycles. The maximum atomic E-state index is 12.2. The number of morpholine rings is 1. The van der Waals surface area contributed by atoms with Crippen molar-refractivity contribution in [3.05, 3.63) is 0 Å². The van der Waals surface area contributed by atoms with Gasteiger partial charge in [0, 0.05) is 39.6 Å². The molecule has 2 aliphatic rings. The fourth-order valence-electron chi connectivity index (χ4n) is 3.13. The van der Waals surface area contributed by atoms with Gasteiger partial charge in [0.15, 0.2) is 0 Å².